The molecular weight excluding hydrogens is 254 g/mol. The van der Waals surface area contributed by atoms with E-state index < -0.39 is 11.6 Å². The van der Waals surface area contributed by atoms with Crippen molar-refractivity contribution in [2.45, 2.75) is 17.4 Å². The Balaban J connectivity index is 2.77. The summed E-state index contributed by atoms with van der Waals surface area (Å²) >= 11 is 1.30. The third-order valence-corrected chi connectivity index (χ3v) is 3.68. The molecule has 6 heteroatoms. The number of nitrogens with two attached hydrogens (primary N) is 1. The van der Waals surface area contributed by atoms with Crippen LogP contribution in [0.4, 0.5) is 5.69 Å². The number of rotatable bonds is 5. The summed E-state index contributed by atoms with van der Waals surface area (Å²) in [5.41, 5.74) is 4.70. The molecule has 0 saturated carbocycles. The average molecular weight is 271 g/mol. The molecule has 0 aliphatic heterocycles. The number of methoxy groups -OCH3 is 2. The molecule has 0 radical (unpaired) electrons. The highest BCUT2D eigenvalue weighted by Crippen LogP contribution is 2.33. The van der Waals surface area contributed by atoms with Crippen molar-refractivity contribution in [1.29, 1.82) is 0 Å². The van der Waals surface area contributed by atoms with E-state index in [1.807, 2.05) is 0 Å². The van der Waals surface area contributed by atoms with Crippen LogP contribution in [0.5, 0.6) is 5.75 Å². The number of ether oxygens (including phenoxy) is 2. The summed E-state index contributed by atoms with van der Waals surface area (Å²) in [5.74, 6) is 0.116. The molecule has 0 spiro atoms. The fourth-order valence-electron chi connectivity index (χ4n) is 1.30. The molecule has 100 valence electrons. The topological polar surface area (TPSA) is 81.8 Å². The van der Waals surface area contributed by atoms with E-state index in [2.05, 4.69) is 4.74 Å². The fraction of sp³-hybridized carbons (Fsp3) is 0.417. The number of nitrogen functional groups attached to an aromatic ring is 1. The molecule has 0 fully saturated rings. The zero-order valence-corrected chi connectivity index (χ0v) is 11.4. The number of esters is 1. The van der Waals surface area contributed by atoms with Crippen LogP contribution in [0.15, 0.2) is 23.1 Å². The number of aliphatic hydroxyl groups is 1. The van der Waals surface area contributed by atoms with Gasteiger partial charge in [0, 0.05) is 22.4 Å². The van der Waals surface area contributed by atoms with Crippen LogP contribution in [-0.4, -0.2) is 36.6 Å². The molecule has 0 aliphatic carbocycles. The quantitative estimate of drug-likeness (QED) is 0.477. The van der Waals surface area contributed by atoms with Crippen molar-refractivity contribution in [2.24, 2.45) is 0 Å². The molecule has 1 rings (SSSR count). The van der Waals surface area contributed by atoms with E-state index in [1.165, 1.54) is 32.9 Å². The van der Waals surface area contributed by atoms with Crippen LogP contribution in [0, 0.1) is 0 Å². The molecule has 0 aliphatic rings. The number of benzene rings is 1. The van der Waals surface area contributed by atoms with Crippen molar-refractivity contribution in [3.63, 3.8) is 0 Å². The number of hydrogen-bond donors (Lipinski definition) is 2. The number of thioether (sulfide) groups is 1. The molecule has 1 unspecified atom stereocenters. The molecule has 0 saturated heterocycles. The van der Waals surface area contributed by atoms with Gasteiger partial charge in [-0.15, -0.1) is 11.8 Å². The molecule has 0 aromatic heterocycles. The van der Waals surface area contributed by atoms with Gasteiger partial charge in [-0.25, -0.2) is 4.79 Å². The van der Waals surface area contributed by atoms with Crippen LogP contribution in [0.2, 0.25) is 0 Å². The average Bonchev–Trinajstić information content (AvgIpc) is 2.36. The van der Waals surface area contributed by atoms with E-state index in [9.17, 15) is 9.90 Å². The maximum atomic E-state index is 11.3. The summed E-state index contributed by atoms with van der Waals surface area (Å²) in [7, 11) is 2.78. The predicted molar refractivity (Wildman–Crippen MR) is 70.8 cm³/mol. The second-order valence-corrected chi connectivity index (χ2v) is 4.98. The molecule has 1 atom stereocenters. The van der Waals surface area contributed by atoms with Gasteiger partial charge in [0.2, 0.25) is 0 Å². The first kappa shape index (κ1) is 14.7. The summed E-state index contributed by atoms with van der Waals surface area (Å²) in [6.07, 6.45) is 0. The van der Waals surface area contributed by atoms with Gasteiger partial charge in [0.05, 0.1) is 14.2 Å². The third kappa shape index (κ3) is 3.54. The van der Waals surface area contributed by atoms with Gasteiger partial charge < -0.3 is 20.3 Å². The lowest BCUT2D eigenvalue weighted by Crippen LogP contribution is -2.38. The Bertz CT molecular complexity index is 434. The first-order valence-electron chi connectivity index (χ1n) is 5.28. The summed E-state index contributed by atoms with van der Waals surface area (Å²) < 4.78 is 9.71. The highest BCUT2D eigenvalue weighted by molar-refractivity contribution is 7.99. The van der Waals surface area contributed by atoms with Crippen LogP contribution in [0.25, 0.3) is 0 Å². The monoisotopic (exact) mass is 271 g/mol. The second kappa shape index (κ2) is 5.97. The van der Waals surface area contributed by atoms with Crippen molar-refractivity contribution >= 4 is 23.4 Å². The Morgan fingerprint density at radius 2 is 2.17 bits per heavy atom. The maximum absolute atomic E-state index is 11.3. The SMILES string of the molecule is COC(=O)C(C)(O)CSc1ccc(N)cc1OC. The Labute approximate surface area is 110 Å². The molecule has 3 N–H and O–H groups in total. The lowest BCUT2D eigenvalue weighted by atomic mass is 10.1. The zero-order chi connectivity index (χ0) is 13.8. The van der Waals surface area contributed by atoms with Gasteiger partial charge in [0.1, 0.15) is 5.75 Å². The number of hydrogen-bond acceptors (Lipinski definition) is 6. The van der Waals surface area contributed by atoms with Crippen LogP contribution < -0.4 is 10.5 Å². The number of carbonyl (C=O) groups is 1. The molecule has 18 heavy (non-hydrogen) atoms. The van der Waals surface area contributed by atoms with Crippen molar-refractivity contribution in [1.82, 2.24) is 0 Å². The Kier molecular flexibility index (Phi) is 4.86. The van der Waals surface area contributed by atoms with Gasteiger partial charge >= 0.3 is 5.97 Å². The van der Waals surface area contributed by atoms with Gasteiger partial charge in [-0.05, 0) is 19.1 Å². The van der Waals surface area contributed by atoms with Crippen molar-refractivity contribution in [3.05, 3.63) is 18.2 Å². The largest absolute Gasteiger partial charge is 0.496 e. The Morgan fingerprint density at radius 1 is 1.50 bits per heavy atom. The van der Waals surface area contributed by atoms with Crippen molar-refractivity contribution in [3.8, 4) is 5.75 Å². The van der Waals surface area contributed by atoms with Gasteiger partial charge in [-0.3, -0.25) is 0 Å². The first-order valence-corrected chi connectivity index (χ1v) is 6.26. The van der Waals surface area contributed by atoms with E-state index in [1.54, 1.807) is 18.2 Å². The van der Waals surface area contributed by atoms with E-state index in [-0.39, 0.29) is 5.75 Å². The standard InChI is InChI=1S/C12H17NO4S/c1-12(15,11(14)17-3)7-18-10-5-4-8(13)6-9(10)16-2/h4-6,15H,7,13H2,1-3H3. The summed E-state index contributed by atoms with van der Waals surface area (Å²) in [5, 5.41) is 9.90. The van der Waals surface area contributed by atoms with E-state index in [0.29, 0.717) is 11.4 Å². The minimum Gasteiger partial charge on any atom is -0.496 e. The second-order valence-electron chi connectivity index (χ2n) is 3.96. The number of carbonyl (C=O) groups excluding carboxylic acids is 1. The smallest absolute Gasteiger partial charge is 0.338 e. The zero-order valence-electron chi connectivity index (χ0n) is 10.6. The van der Waals surface area contributed by atoms with E-state index in [4.69, 9.17) is 10.5 Å². The lowest BCUT2D eigenvalue weighted by Gasteiger charge is -2.20. The lowest BCUT2D eigenvalue weighted by molar-refractivity contribution is -0.158. The van der Waals surface area contributed by atoms with Crippen LogP contribution in [0.1, 0.15) is 6.92 Å². The Morgan fingerprint density at radius 3 is 2.72 bits per heavy atom. The first-order chi connectivity index (χ1) is 8.40. The van der Waals surface area contributed by atoms with Gasteiger partial charge in [-0.1, -0.05) is 0 Å². The van der Waals surface area contributed by atoms with Gasteiger partial charge in [-0.2, -0.15) is 0 Å². The van der Waals surface area contributed by atoms with Crippen LogP contribution >= 0.6 is 11.8 Å². The predicted octanol–water partition coefficient (Wildman–Crippen LogP) is 1.29. The summed E-state index contributed by atoms with van der Waals surface area (Å²) in [6.45, 7) is 1.41. The Hall–Kier alpha value is -1.40. The van der Waals surface area contributed by atoms with Gasteiger partial charge in [0.15, 0.2) is 5.60 Å². The maximum Gasteiger partial charge on any atom is 0.338 e. The molecule has 5 nitrogen and oxygen atoms in total. The highest BCUT2D eigenvalue weighted by Gasteiger charge is 2.31. The normalized spacial score (nSPS) is 13.8. The number of anilines is 1. The molecule has 1 aromatic rings. The van der Waals surface area contributed by atoms with Crippen molar-refractivity contribution in [2.75, 3.05) is 25.7 Å². The van der Waals surface area contributed by atoms with Crippen molar-refractivity contribution < 1.29 is 19.4 Å². The minimum atomic E-state index is -1.54. The third-order valence-electron chi connectivity index (χ3n) is 2.32. The summed E-state index contributed by atoms with van der Waals surface area (Å²) in [4.78, 5) is 12.1. The minimum absolute atomic E-state index is 0.167. The van der Waals surface area contributed by atoms with Crippen LogP contribution in [0.3, 0.4) is 0 Å². The van der Waals surface area contributed by atoms with Gasteiger partial charge in [0.25, 0.3) is 0 Å². The fourth-order valence-corrected chi connectivity index (χ4v) is 2.30. The molecular formula is C12H17NO4S. The molecule has 0 amide bonds. The highest BCUT2D eigenvalue weighted by atomic mass is 32.2. The van der Waals surface area contributed by atoms with E-state index in [0.717, 1.165) is 4.90 Å². The molecule has 1 aromatic carbocycles. The van der Waals surface area contributed by atoms with E-state index >= 15 is 0 Å². The molecule has 0 bridgehead atoms. The summed E-state index contributed by atoms with van der Waals surface area (Å²) in [6, 6.07) is 5.21. The van der Waals surface area contributed by atoms with Crippen LogP contribution in [-0.2, 0) is 9.53 Å². The molecule has 0 heterocycles.